The van der Waals surface area contributed by atoms with Gasteiger partial charge in [-0.2, -0.15) is 0 Å². The monoisotopic (exact) mass is 294 g/mol. The third-order valence-corrected chi connectivity index (χ3v) is 4.70. The lowest BCUT2D eigenvalue weighted by Crippen LogP contribution is -2.51. The van der Waals surface area contributed by atoms with Crippen LogP contribution in [0, 0.1) is 11.3 Å². The second-order valence-corrected chi connectivity index (χ2v) is 7.53. The van der Waals surface area contributed by atoms with Gasteiger partial charge >= 0.3 is 0 Å². The fourth-order valence-corrected chi connectivity index (χ4v) is 2.92. The van der Waals surface area contributed by atoms with E-state index in [2.05, 4.69) is 37.8 Å². The number of rotatable bonds is 4. The maximum Gasteiger partial charge on any atom is 0.223 e. The number of hydrogen-bond donors (Lipinski definition) is 1. The normalized spacial score (nSPS) is 25.3. The number of aliphatic hydroxyl groups excluding tert-OH is 1. The summed E-state index contributed by atoms with van der Waals surface area (Å²) in [6.07, 6.45) is 6.97. The summed E-state index contributed by atoms with van der Waals surface area (Å²) in [5.74, 6) is 0.751. The predicted octanol–water partition coefficient (Wildman–Crippen LogP) is 1.89. The molecule has 1 N–H and O–H groups in total. The van der Waals surface area contributed by atoms with Gasteiger partial charge in [-0.1, -0.05) is 32.9 Å². The van der Waals surface area contributed by atoms with Crippen molar-refractivity contribution in [2.75, 3.05) is 32.7 Å². The van der Waals surface area contributed by atoms with E-state index < -0.39 is 0 Å². The zero-order chi connectivity index (χ0) is 15.5. The molecular weight excluding hydrogens is 264 g/mol. The van der Waals surface area contributed by atoms with Gasteiger partial charge in [0.15, 0.2) is 0 Å². The number of aliphatic hydroxyl groups is 1. The lowest BCUT2D eigenvalue weighted by Gasteiger charge is -2.38. The van der Waals surface area contributed by atoms with Crippen molar-refractivity contribution in [3.8, 4) is 0 Å². The first-order chi connectivity index (χ1) is 9.86. The van der Waals surface area contributed by atoms with Gasteiger partial charge < -0.3 is 10.0 Å². The van der Waals surface area contributed by atoms with Crippen LogP contribution in [0.3, 0.4) is 0 Å². The molecule has 2 rings (SSSR count). The van der Waals surface area contributed by atoms with Gasteiger partial charge in [0, 0.05) is 39.1 Å². The second kappa shape index (κ2) is 6.93. The van der Waals surface area contributed by atoms with Crippen molar-refractivity contribution in [3.63, 3.8) is 0 Å². The van der Waals surface area contributed by atoms with Crippen molar-refractivity contribution in [2.24, 2.45) is 11.3 Å². The molecule has 0 spiro atoms. The van der Waals surface area contributed by atoms with Crippen LogP contribution in [0.1, 0.15) is 40.0 Å². The van der Waals surface area contributed by atoms with E-state index in [0.29, 0.717) is 24.8 Å². The van der Waals surface area contributed by atoms with Gasteiger partial charge in [0.05, 0.1) is 6.10 Å². The fraction of sp³-hybridized carbons (Fsp3) is 0.824. The van der Waals surface area contributed by atoms with E-state index in [1.54, 1.807) is 0 Å². The summed E-state index contributed by atoms with van der Waals surface area (Å²) in [7, 11) is 0. The van der Waals surface area contributed by atoms with Gasteiger partial charge in [-0.25, -0.2) is 0 Å². The van der Waals surface area contributed by atoms with Crippen LogP contribution in [0.5, 0.6) is 0 Å². The van der Waals surface area contributed by atoms with Crippen molar-refractivity contribution in [1.82, 2.24) is 9.80 Å². The van der Waals surface area contributed by atoms with Gasteiger partial charge in [-0.05, 0) is 24.2 Å². The summed E-state index contributed by atoms with van der Waals surface area (Å²) < 4.78 is 0. The predicted molar refractivity (Wildman–Crippen MR) is 85.0 cm³/mol. The molecule has 120 valence electrons. The number of amides is 1. The molecule has 1 aliphatic heterocycles. The molecule has 0 aromatic rings. The van der Waals surface area contributed by atoms with Crippen LogP contribution >= 0.6 is 0 Å². The fourth-order valence-electron chi connectivity index (χ4n) is 2.92. The summed E-state index contributed by atoms with van der Waals surface area (Å²) in [6, 6.07) is 0. The van der Waals surface area contributed by atoms with Crippen molar-refractivity contribution in [1.29, 1.82) is 0 Å². The van der Waals surface area contributed by atoms with E-state index in [0.717, 1.165) is 39.0 Å². The molecule has 0 bridgehead atoms. The first-order valence-corrected chi connectivity index (χ1v) is 8.21. The number of hydrogen-bond acceptors (Lipinski definition) is 3. The molecule has 0 saturated carbocycles. The summed E-state index contributed by atoms with van der Waals surface area (Å²) in [6.45, 7) is 10.2. The molecule has 1 amide bonds. The minimum Gasteiger partial charge on any atom is -0.391 e. The van der Waals surface area contributed by atoms with Crippen molar-refractivity contribution < 1.29 is 9.90 Å². The Hall–Kier alpha value is -0.870. The number of carbonyl (C=O) groups is 1. The van der Waals surface area contributed by atoms with Gasteiger partial charge in [-0.3, -0.25) is 9.69 Å². The first kappa shape index (κ1) is 16.5. The molecule has 2 aliphatic rings. The number of nitrogens with zero attached hydrogens (tertiary/aromatic N) is 2. The molecule has 21 heavy (non-hydrogen) atoms. The molecule has 0 radical (unpaired) electrons. The van der Waals surface area contributed by atoms with Gasteiger partial charge in [0.25, 0.3) is 0 Å². The Morgan fingerprint density at radius 3 is 2.48 bits per heavy atom. The molecule has 0 aromatic heterocycles. The molecule has 0 unspecified atom stereocenters. The highest BCUT2D eigenvalue weighted by molar-refractivity contribution is 5.76. The van der Waals surface area contributed by atoms with Crippen molar-refractivity contribution in [3.05, 3.63) is 12.2 Å². The SMILES string of the molecule is CC(C)(C)[C@H](O)CN1CCN(C(=O)C[C@H]2C=CCC2)CC1. The van der Waals surface area contributed by atoms with Crippen LogP contribution in [0.2, 0.25) is 0 Å². The number of allylic oxidation sites excluding steroid dienone is 2. The number of carbonyl (C=O) groups excluding carboxylic acids is 1. The third kappa shape index (κ3) is 4.82. The largest absolute Gasteiger partial charge is 0.391 e. The maximum absolute atomic E-state index is 12.3. The Kier molecular flexibility index (Phi) is 5.44. The summed E-state index contributed by atoms with van der Waals surface area (Å²) in [5.41, 5.74) is -0.0816. The Balaban J connectivity index is 1.72. The Labute approximate surface area is 128 Å². The standard InChI is InChI=1S/C17H30N2O2/c1-17(2,3)15(20)13-18-8-10-19(11-9-18)16(21)12-14-6-4-5-7-14/h4,6,14-15,20H,5,7-13H2,1-3H3/t14-,15+/m0/s1. The van der Waals surface area contributed by atoms with E-state index in [1.165, 1.54) is 0 Å². The summed E-state index contributed by atoms with van der Waals surface area (Å²) >= 11 is 0. The smallest absolute Gasteiger partial charge is 0.223 e. The minimum atomic E-state index is -0.316. The highest BCUT2D eigenvalue weighted by Crippen LogP contribution is 2.22. The zero-order valence-electron chi connectivity index (χ0n) is 13.7. The molecule has 1 heterocycles. The van der Waals surface area contributed by atoms with E-state index >= 15 is 0 Å². The van der Waals surface area contributed by atoms with Crippen LogP contribution in [0.15, 0.2) is 12.2 Å². The first-order valence-electron chi connectivity index (χ1n) is 8.21. The van der Waals surface area contributed by atoms with E-state index in [-0.39, 0.29) is 11.5 Å². The maximum atomic E-state index is 12.3. The highest BCUT2D eigenvalue weighted by atomic mass is 16.3. The molecular formula is C17H30N2O2. The Morgan fingerprint density at radius 1 is 1.29 bits per heavy atom. The van der Waals surface area contributed by atoms with Crippen LogP contribution in [0.4, 0.5) is 0 Å². The summed E-state index contributed by atoms with van der Waals surface area (Å²) in [5, 5.41) is 10.2. The van der Waals surface area contributed by atoms with Crippen LogP contribution < -0.4 is 0 Å². The van der Waals surface area contributed by atoms with Crippen LogP contribution in [-0.4, -0.2) is 59.6 Å². The summed E-state index contributed by atoms with van der Waals surface area (Å²) in [4.78, 5) is 16.5. The Morgan fingerprint density at radius 2 is 1.95 bits per heavy atom. The lowest BCUT2D eigenvalue weighted by molar-refractivity contribution is -0.133. The van der Waals surface area contributed by atoms with Crippen LogP contribution in [-0.2, 0) is 4.79 Å². The molecule has 1 fully saturated rings. The molecule has 4 heteroatoms. The average molecular weight is 294 g/mol. The lowest BCUT2D eigenvalue weighted by atomic mass is 9.89. The van der Waals surface area contributed by atoms with E-state index in [1.807, 2.05) is 4.90 Å². The number of β-amino-alcohol motifs (C(OH)–C–C–N with tert-alkyl or cyclic N) is 1. The minimum absolute atomic E-state index is 0.0816. The van der Waals surface area contributed by atoms with Crippen LogP contribution in [0.25, 0.3) is 0 Å². The highest BCUT2D eigenvalue weighted by Gasteiger charge is 2.28. The van der Waals surface area contributed by atoms with E-state index in [9.17, 15) is 9.90 Å². The molecule has 1 saturated heterocycles. The molecule has 1 aliphatic carbocycles. The topological polar surface area (TPSA) is 43.8 Å². The second-order valence-electron chi connectivity index (χ2n) is 7.53. The third-order valence-electron chi connectivity index (χ3n) is 4.70. The van der Waals surface area contributed by atoms with Gasteiger partial charge in [0.2, 0.25) is 5.91 Å². The van der Waals surface area contributed by atoms with E-state index in [4.69, 9.17) is 0 Å². The quantitative estimate of drug-likeness (QED) is 0.805. The molecule has 0 aromatic carbocycles. The number of piperazine rings is 1. The van der Waals surface area contributed by atoms with Crippen molar-refractivity contribution >= 4 is 5.91 Å². The molecule has 4 nitrogen and oxygen atoms in total. The molecule has 2 atom stereocenters. The zero-order valence-corrected chi connectivity index (χ0v) is 13.7. The van der Waals surface area contributed by atoms with Gasteiger partial charge in [-0.15, -0.1) is 0 Å². The Bertz CT molecular complexity index is 379. The van der Waals surface area contributed by atoms with Crippen molar-refractivity contribution in [2.45, 2.75) is 46.1 Å². The van der Waals surface area contributed by atoms with Gasteiger partial charge in [0.1, 0.15) is 0 Å². The average Bonchev–Trinajstić information content (AvgIpc) is 2.91.